The van der Waals surface area contributed by atoms with Crippen molar-refractivity contribution in [3.05, 3.63) is 35.4 Å². The normalized spacial score (nSPS) is 17.9. The largest absolute Gasteiger partial charge is 0.493 e. The average molecular weight is 829 g/mol. The summed E-state index contributed by atoms with van der Waals surface area (Å²) >= 11 is 0. The highest BCUT2D eigenvalue weighted by Gasteiger charge is 2.41. The molecule has 2 aromatic carbocycles. The Hall–Kier alpha value is -3.47. The number of likely N-dealkylation sites (tertiary alicyclic amines) is 2. The lowest BCUT2D eigenvalue weighted by Gasteiger charge is -2.38. The predicted molar refractivity (Wildman–Crippen MR) is 234 cm³/mol. The molecule has 0 spiro atoms. The highest BCUT2D eigenvalue weighted by Crippen LogP contribution is 2.40. The molecule has 12 nitrogen and oxygen atoms in total. The van der Waals surface area contributed by atoms with Gasteiger partial charge in [0.25, 0.3) is 11.8 Å². The van der Waals surface area contributed by atoms with Crippen molar-refractivity contribution in [2.75, 3.05) is 65.2 Å². The first kappa shape index (κ1) is 46.2. The molecule has 0 radical (unpaired) electrons. The maximum Gasteiger partial charge on any atom is 0.256 e. The van der Waals surface area contributed by atoms with E-state index in [1.165, 1.54) is 0 Å². The number of unbranched alkanes of at least 4 members (excludes halogenated alkanes) is 2. The number of hydrogen-bond acceptors (Lipinski definition) is 10. The van der Waals surface area contributed by atoms with Crippen LogP contribution in [0.4, 0.5) is 11.4 Å². The van der Waals surface area contributed by atoms with Gasteiger partial charge in [0.15, 0.2) is 39.6 Å². The number of benzene rings is 2. The van der Waals surface area contributed by atoms with Gasteiger partial charge in [0, 0.05) is 36.6 Å². The molecule has 0 saturated carbocycles. The van der Waals surface area contributed by atoms with Gasteiger partial charge < -0.3 is 49.1 Å². The number of methoxy groups -OCH3 is 2. The summed E-state index contributed by atoms with van der Waals surface area (Å²) in [6.07, 6.45) is 6.05. The molecule has 0 aliphatic carbocycles. The Morgan fingerprint density at radius 1 is 0.632 bits per heavy atom. The fraction of sp³-hybridized carbons (Fsp3) is 0.674. The number of nitrogen functional groups attached to an aromatic ring is 2. The van der Waals surface area contributed by atoms with Crippen molar-refractivity contribution < 1.29 is 37.4 Å². The van der Waals surface area contributed by atoms with Crippen LogP contribution in [0.2, 0.25) is 36.3 Å². The smallest absolute Gasteiger partial charge is 0.256 e. The van der Waals surface area contributed by atoms with E-state index in [-0.39, 0.29) is 34.0 Å². The van der Waals surface area contributed by atoms with Crippen LogP contribution in [0.15, 0.2) is 24.3 Å². The molecular formula is C43H72N4O8Si2. The third-order valence-corrected chi connectivity index (χ3v) is 21.6. The minimum Gasteiger partial charge on any atom is -0.493 e. The molecule has 57 heavy (non-hydrogen) atoms. The van der Waals surface area contributed by atoms with Crippen LogP contribution in [0.1, 0.15) is 107 Å². The zero-order chi connectivity index (χ0) is 42.3. The maximum absolute atomic E-state index is 13.7. The molecule has 0 aromatic heterocycles. The molecule has 320 valence electrons. The number of hydrogen-bond donors (Lipinski definition) is 2. The van der Waals surface area contributed by atoms with Crippen molar-refractivity contribution in [3.8, 4) is 23.0 Å². The van der Waals surface area contributed by atoms with Crippen LogP contribution in [-0.2, 0) is 8.85 Å². The van der Waals surface area contributed by atoms with Crippen LogP contribution < -0.4 is 30.4 Å². The summed E-state index contributed by atoms with van der Waals surface area (Å²) in [5, 5.41) is 0.197. The van der Waals surface area contributed by atoms with Crippen molar-refractivity contribution in [2.24, 2.45) is 0 Å². The molecule has 0 bridgehead atoms. The zero-order valence-electron chi connectivity index (χ0n) is 37.0. The minimum atomic E-state index is -1.95. The number of anilines is 2. The molecule has 2 heterocycles. The van der Waals surface area contributed by atoms with E-state index in [0.29, 0.717) is 85.0 Å². The van der Waals surface area contributed by atoms with Gasteiger partial charge in [-0.1, -0.05) is 41.5 Å². The molecule has 2 aliphatic heterocycles. The fourth-order valence-corrected chi connectivity index (χ4v) is 8.80. The quantitative estimate of drug-likeness (QED) is 0.0849. The van der Waals surface area contributed by atoms with Gasteiger partial charge in [0.05, 0.1) is 63.9 Å². The minimum absolute atomic E-state index is 0.0187. The molecule has 14 heteroatoms. The Labute approximate surface area is 344 Å². The van der Waals surface area contributed by atoms with E-state index < -0.39 is 16.6 Å². The molecule has 2 atom stereocenters. The van der Waals surface area contributed by atoms with E-state index in [9.17, 15) is 9.59 Å². The molecule has 2 aliphatic rings. The summed E-state index contributed by atoms with van der Waals surface area (Å²) in [5.41, 5.74) is 14.4. The molecule has 2 amide bonds. The average Bonchev–Trinajstić information content (AvgIpc) is 3.81. The van der Waals surface area contributed by atoms with Crippen molar-refractivity contribution >= 4 is 39.8 Å². The highest BCUT2D eigenvalue weighted by atomic mass is 28.4. The van der Waals surface area contributed by atoms with Crippen LogP contribution >= 0.6 is 0 Å². The van der Waals surface area contributed by atoms with E-state index >= 15 is 0 Å². The second-order valence-corrected chi connectivity index (χ2v) is 28.3. The number of carbonyl (C=O) groups excluding carboxylic acids is 2. The Morgan fingerprint density at radius 3 is 1.33 bits per heavy atom. The fourth-order valence-electron chi connectivity index (χ4n) is 6.72. The van der Waals surface area contributed by atoms with Gasteiger partial charge in [-0.15, -0.1) is 0 Å². The number of carbonyl (C=O) groups is 2. The lowest BCUT2D eigenvalue weighted by atomic mass is 10.1. The van der Waals surface area contributed by atoms with Crippen LogP contribution in [-0.4, -0.2) is 104 Å². The molecule has 4 rings (SSSR count). The molecule has 2 fully saturated rings. The number of nitrogens with zero attached hydrogens (tertiary/aromatic N) is 2. The molecule has 0 unspecified atom stereocenters. The second-order valence-electron chi connectivity index (χ2n) is 18.7. The zero-order valence-corrected chi connectivity index (χ0v) is 39.0. The SMILES string of the molecule is COc1cc(C(=O)N2CCC[C@H]2CO[Si](C)(C)C(C)(C)C)c(N)cc1OCCCCCOc1cc(N)c(C(=O)N2CCC[C@H]2CO[Si](C)(C)C(C)(C)C)cc1OC. The van der Waals surface area contributed by atoms with Gasteiger partial charge in [0.2, 0.25) is 0 Å². The summed E-state index contributed by atoms with van der Waals surface area (Å²) < 4.78 is 36.4. The van der Waals surface area contributed by atoms with Crippen molar-refractivity contribution in [2.45, 2.75) is 135 Å². The van der Waals surface area contributed by atoms with Crippen LogP contribution in [0, 0.1) is 0 Å². The summed E-state index contributed by atoms with van der Waals surface area (Å²) in [4.78, 5) is 31.3. The lowest BCUT2D eigenvalue weighted by molar-refractivity contribution is 0.0678. The molecule has 2 saturated heterocycles. The van der Waals surface area contributed by atoms with E-state index in [0.717, 1.165) is 44.9 Å². The van der Waals surface area contributed by atoms with E-state index in [2.05, 4.69) is 67.7 Å². The first-order chi connectivity index (χ1) is 26.6. The van der Waals surface area contributed by atoms with E-state index in [1.54, 1.807) is 38.5 Å². The van der Waals surface area contributed by atoms with Crippen LogP contribution in [0.3, 0.4) is 0 Å². The standard InChI is InChI=1S/C43H72N4O8Si2/c1-42(2,3)56(9,10)54-28-30-18-16-20-46(30)40(48)32-24-36(50-7)38(26-34(32)44)52-22-14-13-15-23-53-39-27-35(45)33(25-37(39)51-8)41(49)47-21-17-19-31(47)29-55-57(11,12)43(4,5)6/h24-27,30-31H,13-23,28-29,44-45H2,1-12H3/t30-,31-/m0/s1. The Bertz CT molecular complexity index is 1570. The number of ether oxygens (including phenoxy) is 4. The van der Waals surface area contributed by atoms with Gasteiger partial charge in [-0.25, -0.2) is 0 Å². The topological polar surface area (TPSA) is 148 Å². The van der Waals surface area contributed by atoms with Crippen molar-refractivity contribution in [1.82, 2.24) is 9.80 Å². The number of amides is 2. The van der Waals surface area contributed by atoms with Gasteiger partial charge in [0.1, 0.15) is 0 Å². The van der Waals surface area contributed by atoms with Crippen LogP contribution in [0.25, 0.3) is 0 Å². The molecular weight excluding hydrogens is 757 g/mol. The first-order valence-corrected chi connectivity index (χ1v) is 26.5. The highest BCUT2D eigenvalue weighted by molar-refractivity contribution is 6.74. The van der Waals surface area contributed by atoms with Gasteiger partial charge in [-0.05, 0) is 93.3 Å². The monoisotopic (exact) mass is 828 g/mol. The van der Waals surface area contributed by atoms with Crippen molar-refractivity contribution in [3.63, 3.8) is 0 Å². The second kappa shape index (κ2) is 19.1. The van der Waals surface area contributed by atoms with E-state index in [1.807, 2.05) is 9.80 Å². The Balaban J connectivity index is 1.26. The lowest BCUT2D eigenvalue weighted by Crippen LogP contribution is -2.46. The van der Waals surface area contributed by atoms with Gasteiger partial charge >= 0.3 is 0 Å². The third-order valence-electron chi connectivity index (χ3n) is 12.6. The third kappa shape index (κ3) is 11.4. The van der Waals surface area contributed by atoms with Gasteiger partial charge in [-0.2, -0.15) is 0 Å². The first-order valence-electron chi connectivity index (χ1n) is 20.7. The number of nitrogens with two attached hydrogens (primary N) is 2. The predicted octanol–water partition coefficient (Wildman–Crippen LogP) is 8.75. The van der Waals surface area contributed by atoms with Gasteiger partial charge in [-0.3, -0.25) is 9.59 Å². The maximum atomic E-state index is 13.7. The van der Waals surface area contributed by atoms with E-state index in [4.69, 9.17) is 39.3 Å². The Kier molecular flexibility index (Phi) is 15.5. The molecule has 4 N–H and O–H groups in total. The van der Waals surface area contributed by atoms with Crippen LogP contribution in [0.5, 0.6) is 23.0 Å². The summed E-state index contributed by atoms with van der Waals surface area (Å²) in [6, 6.07) is 6.79. The molecule has 2 aromatic rings. The van der Waals surface area contributed by atoms with Crippen molar-refractivity contribution in [1.29, 1.82) is 0 Å². The summed E-state index contributed by atoms with van der Waals surface area (Å²) in [5.74, 6) is 1.72. The Morgan fingerprint density at radius 2 is 1.00 bits per heavy atom. The number of rotatable bonds is 18. The summed E-state index contributed by atoms with van der Waals surface area (Å²) in [6.45, 7) is 25.6. The summed E-state index contributed by atoms with van der Waals surface area (Å²) in [7, 11) is -0.763.